The van der Waals surface area contributed by atoms with Crippen LogP contribution in [0.1, 0.15) is 25.3 Å². The standard InChI is InChI=1S/C12H12F4O2/c1-7(4-11(17)18)6-12(15,16)9-5-8(13)2-3-10(9)14/h2-3,5,7H,4,6H2,1H3,(H,17,18). The van der Waals surface area contributed by atoms with E-state index >= 15 is 0 Å². The van der Waals surface area contributed by atoms with Crippen LogP contribution in [0.25, 0.3) is 0 Å². The maximum absolute atomic E-state index is 13.7. The molecule has 0 spiro atoms. The van der Waals surface area contributed by atoms with E-state index in [2.05, 4.69) is 0 Å². The van der Waals surface area contributed by atoms with Crippen LogP contribution >= 0.6 is 0 Å². The lowest BCUT2D eigenvalue weighted by atomic mass is 9.94. The van der Waals surface area contributed by atoms with Gasteiger partial charge in [0, 0.05) is 12.8 Å². The number of benzene rings is 1. The molecule has 6 heteroatoms. The molecule has 1 aromatic rings. The first-order chi connectivity index (χ1) is 8.22. The van der Waals surface area contributed by atoms with Crippen LogP contribution in [0.2, 0.25) is 0 Å². The Kier molecular flexibility index (Phi) is 4.32. The Labute approximate surface area is 101 Å². The SMILES string of the molecule is CC(CC(=O)O)CC(F)(F)c1cc(F)ccc1F. The summed E-state index contributed by atoms with van der Waals surface area (Å²) in [5.74, 6) is -7.82. The molecule has 1 rings (SSSR count). The predicted molar refractivity (Wildman–Crippen MR) is 56.3 cm³/mol. The van der Waals surface area contributed by atoms with Crippen LogP contribution in [-0.4, -0.2) is 11.1 Å². The number of hydrogen-bond donors (Lipinski definition) is 1. The molecule has 0 saturated carbocycles. The van der Waals surface area contributed by atoms with Crippen molar-refractivity contribution in [2.45, 2.75) is 25.7 Å². The van der Waals surface area contributed by atoms with Crippen LogP contribution in [0.3, 0.4) is 0 Å². The summed E-state index contributed by atoms with van der Waals surface area (Å²) < 4.78 is 53.4. The summed E-state index contributed by atoms with van der Waals surface area (Å²) in [4.78, 5) is 10.4. The molecule has 0 aromatic heterocycles. The van der Waals surface area contributed by atoms with Gasteiger partial charge in [-0.2, -0.15) is 0 Å². The third-order valence-electron chi connectivity index (χ3n) is 2.45. The van der Waals surface area contributed by atoms with E-state index in [1.807, 2.05) is 0 Å². The molecule has 1 N–H and O–H groups in total. The second kappa shape index (κ2) is 5.37. The Balaban J connectivity index is 2.91. The predicted octanol–water partition coefficient (Wildman–Crippen LogP) is 3.56. The van der Waals surface area contributed by atoms with Crippen molar-refractivity contribution in [3.05, 3.63) is 35.4 Å². The Hall–Kier alpha value is -1.59. The second-order valence-electron chi connectivity index (χ2n) is 4.24. The molecule has 0 amide bonds. The molecule has 0 fully saturated rings. The number of carboxylic acid groups (broad SMARTS) is 1. The first kappa shape index (κ1) is 14.5. The van der Waals surface area contributed by atoms with Gasteiger partial charge in [-0.3, -0.25) is 4.79 Å². The zero-order chi connectivity index (χ0) is 13.9. The monoisotopic (exact) mass is 264 g/mol. The van der Waals surface area contributed by atoms with Crippen LogP contribution in [-0.2, 0) is 10.7 Å². The number of carbonyl (C=O) groups is 1. The molecule has 0 aliphatic carbocycles. The molecule has 0 heterocycles. The minimum absolute atomic E-state index is 0.433. The lowest BCUT2D eigenvalue weighted by Gasteiger charge is -2.20. The van der Waals surface area contributed by atoms with E-state index in [0.29, 0.717) is 12.1 Å². The van der Waals surface area contributed by atoms with Crippen molar-refractivity contribution in [2.24, 2.45) is 5.92 Å². The van der Waals surface area contributed by atoms with E-state index in [-0.39, 0.29) is 0 Å². The molecule has 0 saturated heterocycles. The zero-order valence-corrected chi connectivity index (χ0v) is 9.59. The quantitative estimate of drug-likeness (QED) is 0.826. The molecule has 0 radical (unpaired) electrons. The van der Waals surface area contributed by atoms with E-state index in [0.717, 1.165) is 6.07 Å². The van der Waals surface area contributed by atoms with Crippen LogP contribution in [0.4, 0.5) is 17.6 Å². The van der Waals surface area contributed by atoms with Crippen molar-refractivity contribution < 1.29 is 27.5 Å². The second-order valence-corrected chi connectivity index (χ2v) is 4.24. The molecule has 18 heavy (non-hydrogen) atoms. The largest absolute Gasteiger partial charge is 0.481 e. The lowest BCUT2D eigenvalue weighted by molar-refractivity contribution is -0.138. The Bertz CT molecular complexity index is 446. The highest BCUT2D eigenvalue weighted by Crippen LogP contribution is 2.37. The van der Waals surface area contributed by atoms with Gasteiger partial charge in [0.25, 0.3) is 5.92 Å². The highest BCUT2D eigenvalue weighted by molar-refractivity contribution is 5.66. The third-order valence-corrected chi connectivity index (χ3v) is 2.45. The van der Waals surface area contributed by atoms with E-state index in [9.17, 15) is 22.4 Å². The molecule has 100 valence electrons. The first-order valence-electron chi connectivity index (χ1n) is 5.27. The first-order valence-corrected chi connectivity index (χ1v) is 5.27. The smallest absolute Gasteiger partial charge is 0.303 e. The van der Waals surface area contributed by atoms with Crippen LogP contribution < -0.4 is 0 Å². The van der Waals surface area contributed by atoms with Crippen molar-refractivity contribution in [3.63, 3.8) is 0 Å². The maximum Gasteiger partial charge on any atom is 0.303 e. The van der Waals surface area contributed by atoms with Gasteiger partial charge in [0.15, 0.2) is 0 Å². The average molecular weight is 264 g/mol. The fourth-order valence-corrected chi connectivity index (χ4v) is 1.70. The molecule has 0 aliphatic heterocycles. The molecule has 1 unspecified atom stereocenters. The number of hydrogen-bond acceptors (Lipinski definition) is 1. The van der Waals surface area contributed by atoms with Gasteiger partial charge in [0.2, 0.25) is 0 Å². The van der Waals surface area contributed by atoms with E-state index in [1.165, 1.54) is 6.92 Å². The van der Waals surface area contributed by atoms with Gasteiger partial charge in [-0.15, -0.1) is 0 Å². The summed E-state index contributed by atoms with van der Waals surface area (Å²) in [6, 6.07) is 1.80. The Morgan fingerprint density at radius 2 is 2.00 bits per heavy atom. The Morgan fingerprint density at radius 1 is 1.39 bits per heavy atom. The molecular weight excluding hydrogens is 252 g/mol. The Morgan fingerprint density at radius 3 is 2.56 bits per heavy atom. The van der Waals surface area contributed by atoms with E-state index in [1.54, 1.807) is 0 Å². The fourth-order valence-electron chi connectivity index (χ4n) is 1.70. The van der Waals surface area contributed by atoms with Crippen LogP contribution in [0.15, 0.2) is 18.2 Å². The summed E-state index contributed by atoms with van der Waals surface area (Å²) in [5.41, 5.74) is -1.04. The minimum atomic E-state index is -3.60. The molecule has 0 aliphatic rings. The zero-order valence-electron chi connectivity index (χ0n) is 9.59. The topological polar surface area (TPSA) is 37.3 Å². The summed E-state index contributed by atoms with van der Waals surface area (Å²) >= 11 is 0. The normalized spacial score (nSPS) is 13.4. The van der Waals surface area contributed by atoms with Crippen LogP contribution in [0.5, 0.6) is 0 Å². The number of halogens is 4. The maximum atomic E-state index is 13.7. The third kappa shape index (κ3) is 3.72. The number of alkyl halides is 2. The van der Waals surface area contributed by atoms with Crippen molar-refractivity contribution in [3.8, 4) is 0 Å². The number of aliphatic carboxylic acids is 1. The van der Waals surface area contributed by atoms with Gasteiger partial charge in [-0.05, 0) is 24.1 Å². The van der Waals surface area contributed by atoms with Gasteiger partial charge >= 0.3 is 5.97 Å². The summed E-state index contributed by atoms with van der Waals surface area (Å²) in [6.45, 7) is 1.32. The highest BCUT2D eigenvalue weighted by Gasteiger charge is 2.36. The van der Waals surface area contributed by atoms with Crippen molar-refractivity contribution >= 4 is 5.97 Å². The van der Waals surface area contributed by atoms with Gasteiger partial charge in [0.05, 0.1) is 5.56 Å². The van der Waals surface area contributed by atoms with E-state index < -0.39 is 47.8 Å². The summed E-state index contributed by atoms with van der Waals surface area (Å²) in [6.07, 6.45) is -1.30. The average Bonchev–Trinajstić information content (AvgIpc) is 2.19. The highest BCUT2D eigenvalue weighted by atomic mass is 19.3. The van der Waals surface area contributed by atoms with Gasteiger partial charge < -0.3 is 5.11 Å². The van der Waals surface area contributed by atoms with Crippen molar-refractivity contribution in [1.29, 1.82) is 0 Å². The number of rotatable bonds is 5. The molecule has 2 nitrogen and oxygen atoms in total. The minimum Gasteiger partial charge on any atom is -0.481 e. The summed E-state index contributed by atoms with van der Waals surface area (Å²) in [5, 5.41) is 8.47. The summed E-state index contributed by atoms with van der Waals surface area (Å²) in [7, 11) is 0. The molecule has 1 atom stereocenters. The molecule has 1 aromatic carbocycles. The molecular formula is C12H12F4O2. The lowest BCUT2D eigenvalue weighted by Crippen LogP contribution is -2.20. The molecule has 0 bridgehead atoms. The fraction of sp³-hybridized carbons (Fsp3) is 0.417. The van der Waals surface area contributed by atoms with Gasteiger partial charge in [0.1, 0.15) is 11.6 Å². The van der Waals surface area contributed by atoms with E-state index in [4.69, 9.17) is 5.11 Å². The van der Waals surface area contributed by atoms with Crippen LogP contribution in [0, 0.1) is 17.6 Å². The van der Waals surface area contributed by atoms with Crippen molar-refractivity contribution in [1.82, 2.24) is 0 Å². The van der Waals surface area contributed by atoms with Gasteiger partial charge in [-0.25, -0.2) is 17.6 Å². The van der Waals surface area contributed by atoms with Crippen molar-refractivity contribution in [2.75, 3.05) is 0 Å². The van der Waals surface area contributed by atoms with Gasteiger partial charge in [-0.1, -0.05) is 6.92 Å². The number of carboxylic acids is 1.